The lowest BCUT2D eigenvalue weighted by Crippen LogP contribution is -2.51. The van der Waals surface area contributed by atoms with Crippen LogP contribution in [0.15, 0.2) is 96.2 Å². The molecule has 2 aromatic heterocycles. The number of carbonyl (C=O) groups excluding carboxylic acids is 1. The second-order valence-electron chi connectivity index (χ2n) is 12.4. The molecule has 5 aromatic rings. The molecule has 49 heavy (non-hydrogen) atoms. The first-order valence-corrected chi connectivity index (χ1v) is 16.9. The molecule has 0 unspecified atom stereocenters. The first-order valence-electron chi connectivity index (χ1n) is 16.1. The SMILES string of the molecule is COc1ccc(N(c2ccc(OC)cc2)c2ccc(-c3c(C)c4n(c3C)[B-](F)(F)[N+]3=C(C)C(c5ccc(C=O)s5)=C(C)C3=C4C)cc2)cc1. The fourth-order valence-corrected chi connectivity index (χ4v) is 8.65. The topological polar surface area (TPSA) is 46.7 Å². The van der Waals surface area contributed by atoms with Gasteiger partial charge in [-0.3, -0.25) is 4.79 Å². The Morgan fingerprint density at radius 1 is 0.755 bits per heavy atom. The predicted octanol–water partition coefficient (Wildman–Crippen LogP) is 10.1. The molecule has 0 spiro atoms. The highest BCUT2D eigenvalue weighted by molar-refractivity contribution is 7.15. The van der Waals surface area contributed by atoms with Crippen molar-refractivity contribution in [3.63, 3.8) is 0 Å². The summed E-state index contributed by atoms with van der Waals surface area (Å²) in [6.45, 7) is 5.11. The van der Waals surface area contributed by atoms with Crippen molar-refractivity contribution in [1.82, 2.24) is 4.48 Å². The van der Waals surface area contributed by atoms with E-state index < -0.39 is 6.97 Å². The van der Waals surface area contributed by atoms with Crippen molar-refractivity contribution in [3.8, 4) is 22.6 Å². The van der Waals surface area contributed by atoms with Gasteiger partial charge in [-0.2, -0.15) is 0 Å². The Kier molecular flexibility index (Phi) is 7.94. The van der Waals surface area contributed by atoms with E-state index in [0.29, 0.717) is 27.7 Å². The summed E-state index contributed by atoms with van der Waals surface area (Å²) in [6, 6.07) is 27.3. The van der Waals surface area contributed by atoms with E-state index in [1.165, 1.54) is 20.3 Å². The molecule has 2 aliphatic rings. The largest absolute Gasteiger partial charge is 0.737 e. The van der Waals surface area contributed by atoms with Crippen LogP contribution in [0.2, 0.25) is 0 Å². The fourth-order valence-electron chi connectivity index (χ4n) is 7.67. The molecule has 0 saturated heterocycles. The van der Waals surface area contributed by atoms with Crippen molar-refractivity contribution in [2.45, 2.75) is 34.6 Å². The monoisotopic (exact) mass is 675 g/mol. The Balaban J connectivity index is 1.33. The quantitative estimate of drug-likeness (QED) is 0.121. The predicted molar refractivity (Wildman–Crippen MR) is 196 cm³/mol. The Labute approximate surface area is 288 Å². The molecule has 0 saturated carbocycles. The van der Waals surface area contributed by atoms with Crippen LogP contribution >= 0.6 is 11.3 Å². The molecule has 0 amide bonds. The van der Waals surface area contributed by atoms with Crippen molar-refractivity contribution < 1.29 is 27.4 Å². The zero-order valence-corrected chi connectivity index (χ0v) is 29.3. The van der Waals surface area contributed by atoms with Gasteiger partial charge in [0, 0.05) is 51.3 Å². The molecule has 0 aliphatic carbocycles. The van der Waals surface area contributed by atoms with Gasteiger partial charge in [-0.05, 0) is 117 Å². The lowest BCUT2D eigenvalue weighted by Gasteiger charge is -2.32. The summed E-state index contributed by atoms with van der Waals surface area (Å²) in [7, 11) is 3.28. The van der Waals surface area contributed by atoms with E-state index in [2.05, 4.69) is 4.90 Å². The minimum Gasteiger partial charge on any atom is -0.497 e. The number of benzene rings is 3. The van der Waals surface area contributed by atoms with Gasteiger partial charge in [-0.25, -0.2) is 0 Å². The van der Waals surface area contributed by atoms with Crippen molar-refractivity contribution in [1.29, 1.82) is 0 Å². The van der Waals surface area contributed by atoms with Crippen molar-refractivity contribution in [2.24, 2.45) is 0 Å². The smallest absolute Gasteiger partial charge is 0.497 e. The standard InChI is InChI=1S/C39H36BF2N3O3S/c1-23-36(28-8-10-29(11-9-28)43(30-12-16-32(47-6)17-13-30)31-14-18-33(48-7)19-15-31)26(4)44-38(23)25(3)39-24(2)37(27(5)45(39)40(44,41)42)35-21-20-34(22-46)49-35/h8-22H,1-7H3. The van der Waals surface area contributed by atoms with E-state index in [-0.39, 0.29) is 0 Å². The van der Waals surface area contributed by atoms with Crippen LogP contribution in [0.4, 0.5) is 25.7 Å². The molecular formula is C39H36BF2N3O3S. The van der Waals surface area contributed by atoms with Gasteiger partial charge in [0.05, 0.1) is 24.7 Å². The Hall–Kier alpha value is -5.22. The van der Waals surface area contributed by atoms with E-state index in [9.17, 15) is 4.79 Å². The molecule has 3 aromatic carbocycles. The number of allylic oxidation sites excluding steroid dienone is 3. The first-order chi connectivity index (χ1) is 23.5. The normalized spacial score (nSPS) is 15.0. The summed E-state index contributed by atoms with van der Waals surface area (Å²) in [4.78, 5) is 14.9. The van der Waals surface area contributed by atoms with Crippen LogP contribution in [-0.2, 0) is 0 Å². The maximum absolute atomic E-state index is 16.9. The van der Waals surface area contributed by atoms with E-state index in [4.69, 9.17) is 9.47 Å². The Morgan fingerprint density at radius 2 is 1.29 bits per heavy atom. The number of rotatable bonds is 8. The third-order valence-electron chi connectivity index (χ3n) is 9.78. The minimum absolute atomic E-state index is 0.496. The third kappa shape index (κ3) is 4.96. The van der Waals surface area contributed by atoms with Crippen LogP contribution in [0.3, 0.4) is 0 Å². The second kappa shape index (κ2) is 12.0. The number of thiophene rings is 1. The molecular weight excluding hydrogens is 639 g/mol. The summed E-state index contributed by atoms with van der Waals surface area (Å²) in [6.07, 6.45) is 0.799. The first kappa shape index (κ1) is 32.3. The lowest BCUT2D eigenvalue weighted by molar-refractivity contribution is -0.363. The highest BCUT2D eigenvalue weighted by Gasteiger charge is 2.56. The van der Waals surface area contributed by atoms with Crippen LogP contribution in [0.1, 0.15) is 52.3 Å². The van der Waals surface area contributed by atoms with Crippen molar-refractivity contribution >= 4 is 58.5 Å². The number of anilines is 3. The van der Waals surface area contributed by atoms with E-state index >= 15 is 8.63 Å². The van der Waals surface area contributed by atoms with E-state index in [1.807, 2.05) is 99.6 Å². The van der Waals surface area contributed by atoms with Gasteiger partial charge in [0.15, 0.2) is 12.0 Å². The minimum atomic E-state index is -4.21. The maximum Gasteiger partial charge on any atom is 0.737 e. The number of carbonyl (C=O) groups is 1. The van der Waals surface area contributed by atoms with E-state index in [1.54, 1.807) is 34.1 Å². The van der Waals surface area contributed by atoms with Gasteiger partial charge in [0.1, 0.15) is 17.2 Å². The summed E-state index contributed by atoms with van der Waals surface area (Å²) < 4.78 is 47.1. The molecule has 6 nitrogen and oxygen atoms in total. The van der Waals surface area contributed by atoms with Crippen LogP contribution in [0.5, 0.6) is 11.5 Å². The lowest BCUT2D eigenvalue weighted by atomic mass is 9.86. The fraction of sp³-hybridized carbons (Fsp3) is 0.179. The molecule has 0 N–H and O–H groups in total. The molecule has 0 bridgehead atoms. The van der Waals surface area contributed by atoms with Gasteiger partial charge >= 0.3 is 6.97 Å². The molecule has 0 fully saturated rings. The van der Waals surface area contributed by atoms with Crippen LogP contribution in [0, 0.1) is 13.8 Å². The summed E-state index contributed by atoms with van der Waals surface area (Å²) in [5.41, 5.74) is 9.76. The average molecular weight is 676 g/mol. The van der Waals surface area contributed by atoms with Crippen LogP contribution in [0.25, 0.3) is 22.3 Å². The number of aromatic nitrogens is 1. The molecule has 4 heterocycles. The van der Waals surface area contributed by atoms with Crippen LogP contribution < -0.4 is 14.4 Å². The third-order valence-corrected chi connectivity index (χ3v) is 10.8. The molecule has 7 rings (SSSR count). The van der Waals surface area contributed by atoms with E-state index in [0.717, 1.165) is 73.1 Å². The van der Waals surface area contributed by atoms with Gasteiger partial charge in [0.2, 0.25) is 0 Å². The molecule has 10 heteroatoms. The average Bonchev–Trinajstić information content (AvgIpc) is 3.77. The Bertz CT molecular complexity index is 2180. The summed E-state index contributed by atoms with van der Waals surface area (Å²) in [5.74, 6) is 1.52. The van der Waals surface area contributed by atoms with Crippen molar-refractivity contribution in [3.05, 3.63) is 123 Å². The van der Waals surface area contributed by atoms with Gasteiger partial charge in [-0.1, -0.05) is 12.1 Å². The van der Waals surface area contributed by atoms with Gasteiger partial charge in [0.25, 0.3) is 0 Å². The number of hydrogen-bond acceptors (Lipinski definition) is 5. The molecule has 0 radical (unpaired) electrons. The highest BCUT2D eigenvalue weighted by Crippen LogP contribution is 2.48. The number of hydrogen-bond donors (Lipinski definition) is 0. The highest BCUT2D eigenvalue weighted by atomic mass is 32.1. The number of methoxy groups -OCH3 is 2. The van der Waals surface area contributed by atoms with Crippen molar-refractivity contribution in [2.75, 3.05) is 19.1 Å². The number of nitrogens with zero attached hydrogens (tertiary/aromatic N) is 3. The maximum atomic E-state index is 16.9. The number of halogens is 2. The van der Waals surface area contributed by atoms with Gasteiger partial charge in [-0.15, -0.1) is 11.3 Å². The molecule has 2 aliphatic heterocycles. The number of ether oxygens (including phenoxy) is 2. The summed E-state index contributed by atoms with van der Waals surface area (Å²) in [5, 5.41) is 0. The molecule has 0 atom stereocenters. The zero-order chi connectivity index (χ0) is 34.8. The Morgan fingerprint density at radius 3 is 1.78 bits per heavy atom. The number of aldehydes is 1. The van der Waals surface area contributed by atoms with Crippen LogP contribution in [-0.4, -0.2) is 42.2 Å². The summed E-state index contributed by atoms with van der Waals surface area (Å²) >= 11 is 1.32. The second-order valence-corrected chi connectivity index (χ2v) is 13.5. The number of fused-ring (bicyclic) bond motifs is 2. The molecule has 248 valence electrons. The van der Waals surface area contributed by atoms with Gasteiger partial charge < -0.3 is 32.0 Å². The zero-order valence-electron chi connectivity index (χ0n) is 28.5.